The molecule has 0 aromatic carbocycles. The molecule has 0 aliphatic rings. The number of carbonyl (C=O) groups is 5. The monoisotopic (exact) mass is 449 g/mol. The molecule has 0 rings (SSSR count). The lowest BCUT2D eigenvalue weighted by Crippen LogP contribution is -2.58. The summed E-state index contributed by atoms with van der Waals surface area (Å²) in [5, 5.41) is 25.3. The molecule has 13 heteroatoms. The molecule has 0 spiro atoms. The molecule has 4 atom stereocenters. The van der Waals surface area contributed by atoms with Gasteiger partial charge < -0.3 is 37.6 Å². The zero-order valence-corrected chi connectivity index (χ0v) is 17.9. The lowest BCUT2D eigenvalue weighted by Gasteiger charge is -2.23. The molecule has 0 saturated heterocycles. The van der Waals surface area contributed by atoms with Gasteiger partial charge in [-0.05, 0) is 18.8 Å². The first kappa shape index (κ1) is 27.6. The van der Waals surface area contributed by atoms with E-state index in [1.807, 2.05) is 13.8 Å². The third-order valence-electron chi connectivity index (χ3n) is 3.99. The number of aliphatic hydroxyl groups is 1. The number of aliphatic hydroxyl groups excluding tert-OH is 1. The maximum atomic E-state index is 12.4. The molecule has 0 aliphatic heterocycles. The molecule has 30 heavy (non-hydrogen) atoms. The van der Waals surface area contributed by atoms with Crippen molar-refractivity contribution >= 4 is 42.2 Å². The molecule has 0 aromatic rings. The van der Waals surface area contributed by atoms with Crippen molar-refractivity contribution in [2.75, 3.05) is 12.4 Å². The lowest BCUT2D eigenvalue weighted by atomic mass is 10.0. The summed E-state index contributed by atoms with van der Waals surface area (Å²) < 4.78 is 0. The molecule has 0 fully saturated rings. The van der Waals surface area contributed by atoms with Crippen molar-refractivity contribution in [2.24, 2.45) is 17.4 Å². The number of rotatable bonds is 14. The van der Waals surface area contributed by atoms with Crippen LogP contribution in [0.3, 0.4) is 0 Å². The van der Waals surface area contributed by atoms with Crippen LogP contribution in [0.4, 0.5) is 0 Å². The highest BCUT2D eigenvalue weighted by atomic mass is 32.1. The van der Waals surface area contributed by atoms with E-state index >= 15 is 0 Å². The minimum atomic E-state index is -1.49. The number of carbonyl (C=O) groups excluding carboxylic acids is 4. The van der Waals surface area contributed by atoms with Gasteiger partial charge in [0.25, 0.3) is 0 Å². The molecule has 12 nitrogen and oxygen atoms in total. The van der Waals surface area contributed by atoms with Crippen molar-refractivity contribution in [3.05, 3.63) is 0 Å². The highest BCUT2D eigenvalue weighted by Gasteiger charge is 2.29. The fourth-order valence-corrected chi connectivity index (χ4v) is 2.63. The number of carboxylic acid groups (broad SMARTS) is 1. The standard InChI is InChI=1S/C17H31N5O7S/c1-8(2)5-9(18)14(25)22-12(7-30)16(27)21-11(6-23)15(26)20-10(17(28)29)3-4-13(19)24/h8-12,23,30H,3-7,18H2,1-2H3,(H2,19,24)(H,20,26)(H,21,27)(H,22,25)(H,28,29). The quantitative estimate of drug-likeness (QED) is 0.128. The summed E-state index contributed by atoms with van der Waals surface area (Å²) in [5.74, 6) is -4.47. The van der Waals surface area contributed by atoms with Gasteiger partial charge in [0.05, 0.1) is 12.6 Å². The van der Waals surface area contributed by atoms with Crippen molar-refractivity contribution in [3.63, 3.8) is 0 Å². The van der Waals surface area contributed by atoms with Crippen LogP contribution < -0.4 is 27.4 Å². The van der Waals surface area contributed by atoms with Crippen LogP contribution in [0.2, 0.25) is 0 Å². The average Bonchev–Trinajstić information content (AvgIpc) is 2.65. The second-order valence-electron chi connectivity index (χ2n) is 7.13. The zero-order chi connectivity index (χ0) is 23.4. The zero-order valence-electron chi connectivity index (χ0n) is 17.0. The molecule has 0 bridgehead atoms. The summed E-state index contributed by atoms with van der Waals surface area (Å²) in [6.45, 7) is 2.93. The highest BCUT2D eigenvalue weighted by molar-refractivity contribution is 7.80. The molecule has 4 amide bonds. The number of hydrogen-bond acceptors (Lipinski definition) is 8. The molecular weight excluding hydrogens is 418 g/mol. The molecule has 9 N–H and O–H groups in total. The van der Waals surface area contributed by atoms with Crippen LogP contribution in [0.25, 0.3) is 0 Å². The minimum absolute atomic E-state index is 0.109. The van der Waals surface area contributed by atoms with Crippen LogP contribution in [-0.2, 0) is 24.0 Å². The topological polar surface area (TPSA) is 214 Å². The number of primary amides is 1. The van der Waals surface area contributed by atoms with E-state index in [0.29, 0.717) is 6.42 Å². The van der Waals surface area contributed by atoms with E-state index in [1.54, 1.807) is 0 Å². The van der Waals surface area contributed by atoms with E-state index in [2.05, 4.69) is 28.6 Å². The Morgan fingerprint density at radius 1 is 0.933 bits per heavy atom. The molecule has 0 saturated carbocycles. The average molecular weight is 450 g/mol. The third-order valence-corrected chi connectivity index (χ3v) is 4.35. The van der Waals surface area contributed by atoms with Gasteiger partial charge in [-0.3, -0.25) is 19.2 Å². The van der Waals surface area contributed by atoms with Gasteiger partial charge in [0.2, 0.25) is 23.6 Å². The number of carboxylic acids is 1. The van der Waals surface area contributed by atoms with Crippen LogP contribution in [0, 0.1) is 5.92 Å². The van der Waals surface area contributed by atoms with E-state index in [0.717, 1.165) is 0 Å². The Labute approximate surface area is 179 Å². The Balaban J connectivity index is 4.98. The van der Waals surface area contributed by atoms with Gasteiger partial charge in [0.15, 0.2) is 0 Å². The number of aliphatic carboxylic acids is 1. The van der Waals surface area contributed by atoms with Crippen molar-refractivity contribution in [2.45, 2.75) is 57.3 Å². The number of hydrogen-bond donors (Lipinski definition) is 8. The van der Waals surface area contributed by atoms with Gasteiger partial charge in [-0.25, -0.2) is 4.79 Å². The van der Waals surface area contributed by atoms with Crippen LogP contribution in [0.5, 0.6) is 0 Å². The number of thiol groups is 1. The first-order chi connectivity index (χ1) is 13.9. The second kappa shape index (κ2) is 13.8. The minimum Gasteiger partial charge on any atom is -0.480 e. The van der Waals surface area contributed by atoms with E-state index in [9.17, 15) is 29.1 Å². The smallest absolute Gasteiger partial charge is 0.326 e. The Morgan fingerprint density at radius 2 is 1.43 bits per heavy atom. The number of amides is 4. The van der Waals surface area contributed by atoms with E-state index < -0.39 is 60.4 Å². The Hall–Kier alpha value is -2.38. The molecular formula is C17H31N5O7S. The summed E-state index contributed by atoms with van der Waals surface area (Å²) in [7, 11) is 0. The van der Waals surface area contributed by atoms with E-state index in [1.165, 1.54) is 0 Å². The van der Waals surface area contributed by atoms with Crippen molar-refractivity contribution in [3.8, 4) is 0 Å². The van der Waals surface area contributed by atoms with Crippen LogP contribution in [0.15, 0.2) is 0 Å². The predicted octanol–water partition coefficient (Wildman–Crippen LogP) is -2.91. The molecule has 172 valence electrons. The normalized spacial score (nSPS) is 14.9. The Morgan fingerprint density at radius 3 is 1.87 bits per heavy atom. The summed E-state index contributed by atoms with van der Waals surface area (Å²) in [6.07, 6.45) is -0.139. The van der Waals surface area contributed by atoms with Crippen LogP contribution >= 0.6 is 12.6 Å². The molecule has 4 unspecified atom stereocenters. The van der Waals surface area contributed by atoms with Gasteiger partial charge >= 0.3 is 5.97 Å². The summed E-state index contributed by atoms with van der Waals surface area (Å²) in [4.78, 5) is 58.8. The predicted molar refractivity (Wildman–Crippen MR) is 110 cm³/mol. The van der Waals surface area contributed by atoms with Crippen molar-refractivity contribution in [1.82, 2.24) is 16.0 Å². The summed E-state index contributed by atoms with van der Waals surface area (Å²) >= 11 is 4.00. The van der Waals surface area contributed by atoms with Crippen LogP contribution in [-0.4, -0.2) is 76.3 Å². The molecule has 0 heterocycles. The van der Waals surface area contributed by atoms with Crippen molar-refractivity contribution in [1.29, 1.82) is 0 Å². The number of nitrogens with two attached hydrogens (primary N) is 2. The molecule has 0 aromatic heterocycles. The Kier molecular flexibility index (Phi) is 12.7. The molecule has 0 radical (unpaired) electrons. The van der Waals surface area contributed by atoms with Crippen LogP contribution in [0.1, 0.15) is 33.1 Å². The van der Waals surface area contributed by atoms with E-state index in [4.69, 9.17) is 16.6 Å². The Bertz CT molecular complexity index is 632. The van der Waals surface area contributed by atoms with Gasteiger partial charge in [0.1, 0.15) is 18.1 Å². The fourth-order valence-electron chi connectivity index (χ4n) is 2.37. The van der Waals surface area contributed by atoms with Gasteiger partial charge in [0, 0.05) is 12.2 Å². The number of nitrogens with one attached hydrogen (secondary N) is 3. The van der Waals surface area contributed by atoms with Crippen molar-refractivity contribution < 1.29 is 34.2 Å². The fraction of sp³-hybridized carbons (Fsp3) is 0.706. The lowest BCUT2D eigenvalue weighted by molar-refractivity contribution is -0.143. The summed E-state index contributed by atoms with van der Waals surface area (Å²) in [6, 6.07) is -4.90. The maximum Gasteiger partial charge on any atom is 0.326 e. The van der Waals surface area contributed by atoms with Gasteiger partial charge in [-0.2, -0.15) is 12.6 Å². The summed E-state index contributed by atoms with van der Waals surface area (Å²) in [5.41, 5.74) is 10.7. The van der Waals surface area contributed by atoms with Gasteiger partial charge in [-0.15, -0.1) is 0 Å². The third kappa shape index (κ3) is 10.4. The first-order valence-electron chi connectivity index (χ1n) is 9.32. The largest absolute Gasteiger partial charge is 0.480 e. The van der Waals surface area contributed by atoms with E-state index in [-0.39, 0.29) is 24.5 Å². The highest BCUT2D eigenvalue weighted by Crippen LogP contribution is 2.04. The first-order valence-corrected chi connectivity index (χ1v) is 9.95. The van der Waals surface area contributed by atoms with Gasteiger partial charge in [-0.1, -0.05) is 13.8 Å². The SMILES string of the molecule is CC(C)CC(N)C(=O)NC(CS)C(=O)NC(CO)C(=O)NC(CCC(N)=O)C(=O)O. The maximum absolute atomic E-state index is 12.4. The molecule has 0 aliphatic carbocycles. The second-order valence-corrected chi connectivity index (χ2v) is 7.49.